The number of nitrogen functional groups attached to an aromatic ring is 1. The molecule has 5 nitrogen and oxygen atoms in total. The third-order valence-corrected chi connectivity index (χ3v) is 2.89. The number of rotatable bonds is 4. The Bertz CT molecular complexity index is 536. The second kappa shape index (κ2) is 5.00. The van der Waals surface area contributed by atoms with Gasteiger partial charge in [-0.05, 0) is 6.07 Å². The fourth-order valence-electron chi connectivity index (χ4n) is 1.80. The van der Waals surface area contributed by atoms with Crippen LogP contribution in [0.4, 0.5) is 11.4 Å². The van der Waals surface area contributed by atoms with Crippen molar-refractivity contribution < 1.29 is 4.74 Å². The van der Waals surface area contributed by atoms with Crippen molar-refractivity contribution in [3.63, 3.8) is 0 Å². The van der Waals surface area contributed by atoms with Gasteiger partial charge in [0.1, 0.15) is 11.6 Å². The van der Waals surface area contributed by atoms with Crippen molar-refractivity contribution in [3.8, 4) is 5.75 Å². The van der Waals surface area contributed by atoms with Crippen LogP contribution in [0.2, 0.25) is 0 Å². The number of anilines is 2. The van der Waals surface area contributed by atoms with E-state index in [1.807, 2.05) is 37.0 Å². The highest BCUT2D eigenvalue weighted by molar-refractivity contribution is 5.60. The first-order valence-electron chi connectivity index (χ1n) is 5.72. The molecule has 5 heteroatoms. The molecule has 1 heterocycles. The number of hydrogen-bond acceptors (Lipinski definition) is 4. The van der Waals surface area contributed by atoms with Crippen molar-refractivity contribution in [1.82, 2.24) is 9.55 Å². The number of nitrogens with zero attached hydrogens (tertiary/aromatic N) is 3. The minimum absolute atomic E-state index is 0.691. The van der Waals surface area contributed by atoms with Crippen LogP contribution >= 0.6 is 0 Å². The third-order valence-electron chi connectivity index (χ3n) is 2.89. The summed E-state index contributed by atoms with van der Waals surface area (Å²) in [5, 5.41) is 0. The van der Waals surface area contributed by atoms with Gasteiger partial charge in [0.25, 0.3) is 0 Å². The van der Waals surface area contributed by atoms with Crippen LogP contribution in [0.25, 0.3) is 0 Å². The molecule has 2 rings (SSSR count). The minimum atomic E-state index is 0.691. The summed E-state index contributed by atoms with van der Waals surface area (Å²) in [4.78, 5) is 6.39. The van der Waals surface area contributed by atoms with Crippen LogP contribution in [-0.4, -0.2) is 23.7 Å². The summed E-state index contributed by atoms with van der Waals surface area (Å²) in [6, 6.07) is 5.68. The van der Waals surface area contributed by atoms with E-state index in [0.717, 1.165) is 23.8 Å². The zero-order chi connectivity index (χ0) is 13.1. The molecule has 0 radical (unpaired) electrons. The summed E-state index contributed by atoms with van der Waals surface area (Å²) in [6.07, 6.45) is 3.73. The maximum atomic E-state index is 5.85. The fraction of sp³-hybridized carbons (Fsp3) is 0.308. The molecule has 0 atom stereocenters. The van der Waals surface area contributed by atoms with E-state index >= 15 is 0 Å². The Morgan fingerprint density at radius 3 is 2.78 bits per heavy atom. The Balaban J connectivity index is 2.20. The zero-order valence-corrected chi connectivity index (χ0v) is 10.9. The number of aryl methyl sites for hydroxylation is 1. The van der Waals surface area contributed by atoms with Crippen molar-refractivity contribution in [2.24, 2.45) is 7.05 Å². The summed E-state index contributed by atoms with van der Waals surface area (Å²) < 4.78 is 7.22. The molecule has 0 bridgehead atoms. The topological polar surface area (TPSA) is 56.3 Å². The first-order chi connectivity index (χ1) is 8.60. The lowest BCUT2D eigenvalue weighted by molar-refractivity contribution is 0.415. The number of benzene rings is 1. The molecule has 0 aliphatic heterocycles. The highest BCUT2D eigenvalue weighted by atomic mass is 16.5. The number of nitrogens with two attached hydrogens (primary N) is 1. The van der Waals surface area contributed by atoms with Gasteiger partial charge in [-0.2, -0.15) is 0 Å². The van der Waals surface area contributed by atoms with Crippen LogP contribution in [0.15, 0.2) is 30.6 Å². The van der Waals surface area contributed by atoms with Gasteiger partial charge in [0.05, 0.1) is 13.7 Å². The number of aromatic nitrogens is 2. The number of methoxy groups -OCH3 is 1. The molecule has 0 spiro atoms. The van der Waals surface area contributed by atoms with Gasteiger partial charge in [-0.25, -0.2) is 4.98 Å². The van der Waals surface area contributed by atoms with E-state index in [-0.39, 0.29) is 0 Å². The smallest absolute Gasteiger partial charge is 0.127 e. The molecule has 0 saturated carbocycles. The molecule has 18 heavy (non-hydrogen) atoms. The van der Waals surface area contributed by atoms with E-state index in [9.17, 15) is 0 Å². The third kappa shape index (κ3) is 2.56. The molecular formula is C13H18N4O. The molecule has 0 saturated heterocycles. The van der Waals surface area contributed by atoms with Gasteiger partial charge in [0.15, 0.2) is 0 Å². The molecule has 2 N–H and O–H groups in total. The Labute approximate surface area is 107 Å². The minimum Gasteiger partial charge on any atom is -0.497 e. The highest BCUT2D eigenvalue weighted by Gasteiger charge is 2.07. The van der Waals surface area contributed by atoms with Crippen LogP contribution in [0.1, 0.15) is 5.82 Å². The maximum Gasteiger partial charge on any atom is 0.127 e. The predicted octanol–water partition coefficient (Wildman–Crippen LogP) is 1.65. The molecule has 2 aromatic rings. The molecule has 1 aromatic carbocycles. The van der Waals surface area contributed by atoms with Crippen LogP contribution < -0.4 is 15.4 Å². The molecular weight excluding hydrogens is 228 g/mol. The fourth-order valence-corrected chi connectivity index (χ4v) is 1.80. The molecule has 0 aliphatic carbocycles. The van der Waals surface area contributed by atoms with E-state index in [2.05, 4.69) is 9.88 Å². The standard InChI is InChI=1S/C13H18N4O/c1-16-5-4-15-13(16)9-17(2)11-6-10(14)7-12(8-11)18-3/h4-8H,9,14H2,1-3H3. The molecule has 0 unspecified atom stereocenters. The summed E-state index contributed by atoms with van der Waals surface area (Å²) in [5.41, 5.74) is 7.55. The normalized spacial score (nSPS) is 10.4. The first kappa shape index (κ1) is 12.3. The number of imidazole rings is 1. The van der Waals surface area contributed by atoms with Crippen molar-refractivity contribution in [2.75, 3.05) is 24.8 Å². The molecule has 96 valence electrons. The Morgan fingerprint density at radius 2 is 2.17 bits per heavy atom. The summed E-state index contributed by atoms with van der Waals surface area (Å²) in [7, 11) is 5.62. The summed E-state index contributed by atoms with van der Waals surface area (Å²) in [6.45, 7) is 0.718. The largest absolute Gasteiger partial charge is 0.497 e. The van der Waals surface area contributed by atoms with E-state index in [4.69, 9.17) is 10.5 Å². The van der Waals surface area contributed by atoms with Gasteiger partial charge in [0, 0.05) is 50.0 Å². The van der Waals surface area contributed by atoms with Gasteiger partial charge >= 0.3 is 0 Å². The monoisotopic (exact) mass is 246 g/mol. The van der Waals surface area contributed by atoms with Crippen LogP contribution in [0.3, 0.4) is 0 Å². The lowest BCUT2D eigenvalue weighted by atomic mass is 10.2. The van der Waals surface area contributed by atoms with E-state index in [1.165, 1.54) is 0 Å². The van der Waals surface area contributed by atoms with E-state index in [0.29, 0.717) is 5.69 Å². The van der Waals surface area contributed by atoms with Gasteiger partial charge < -0.3 is 19.9 Å². The lowest BCUT2D eigenvalue weighted by Gasteiger charge is -2.20. The average Bonchev–Trinajstić information content (AvgIpc) is 2.74. The van der Waals surface area contributed by atoms with Crippen LogP contribution in [-0.2, 0) is 13.6 Å². The van der Waals surface area contributed by atoms with Gasteiger partial charge in [-0.15, -0.1) is 0 Å². The van der Waals surface area contributed by atoms with Crippen molar-refractivity contribution in [1.29, 1.82) is 0 Å². The van der Waals surface area contributed by atoms with E-state index < -0.39 is 0 Å². The molecule has 1 aromatic heterocycles. The van der Waals surface area contributed by atoms with Gasteiger partial charge in [0.2, 0.25) is 0 Å². The van der Waals surface area contributed by atoms with Gasteiger partial charge in [-0.1, -0.05) is 0 Å². The van der Waals surface area contributed by atoms with Crippen molar-refractivity contribution in [2.45, 2.75) is 6.54 Å². The second-order valence-corrected chi connectivity index (χ2v) is 4.27. The second-order valence-electron chi connectivity index (χ2n) is 4.27. The van der Waals surface area contributed by atoms with E-state index in [1.54, 1.807) is 19.4 Å². The number of hydrogen-bond donors (Lipinski definition) is 1. The Morgan fingerprint density at radius 1 is 1.39 bits per heavy atom. The predicted molar refractivity (Wildman–Crippen MR) is 72.7 cm³/mol. The Kier molecular flexibility index (Phi) is 3.41. The maximum absolute atomic E-state index is 5.85. The van der Waals surface area contributed by atoms with Crippen molar-refractivity contribution >= 4 is 11.4 Å². The molecule has 0 fully saturated rings. The quantitative estimate of drug-likeness (QED) is 0.833. The first-order valence-corrected chi connectivity index (χ1v) is 5.72. The van der Waals surface area contributed by atoms with Crippen LogP contribution in [0.5, 0.6) is 5.75 Å². The van der Waals surface area contributed by atoms with Crippen LogP contribution in [0, 0.1) is 0 Å². The Hall–Kier alpha value is -2.17. The lowest BCUT2D eigenvalue weighted by Crippen LogP contribution is -2.19. The summed E-state index contributed by atoms with van der Waals surface area (Å²) in [5.74, 6) is 1.76. The number of ether oxygens (including phenoxy) is 1. The SMILES string of the molecule is COc1cc(N)cc(N(C)Cc2nccn2C)c1. The van der Waals surface area contributed by atoms with Gasteiger partial charge in [-0.3, -0.25) is 0 Å². The zero-order valence-electron chi connectivity index (χ0n) is 10.9. The summed E-state index contributed by atoms with van der Waals surface area (Å²) >= 11 is 0. The van der Waals surface area contributed by atoms with Crippen molar-refractivity contribution in [3.05, 3.63) is 36.4 Å². The average molecular weight is 246 g/mol. The molecule has 0 aliphatic rings. The highest BCUT2D eigenvalue weighted by Crippen LogP contribution is 2.25. The molecule has 0 amide bonds.